The third kappa shape index (κ3) is 3.70. The van der Waals surface area contributed by atoms with Crippen LogP contribution in [0.25, 0.3) is 0 Å². The smallest absolute Gasteiger partial charge is 0.226 e. The Morgan fingerprint density at radius 2 is 2.10 bits per heavy atom. The van der Waals surface area contributed by atoms with Crippen LogP contribution in [-0.4, -0.2) is 18.6 Å². The SMILES string of the molecule is COc1ccc(F)c(NC(=O)CC2(N)CCCCC2)c1. The maximum Gasteiger partial charge on any atom is 0.226 e. The number of halogens is 1. The van der Waals surface area contributed by atoms with Crippen LogP contribution in [0.15, 0.2) is 18.2 Å². The van der Waals surface area contributed by atoms with E-state index in [1.807, 2.05) is 0 Å². The lowest BCUT2D eigenvalue weighted by Crippen LogP contribution is -2.44. The van der Waals surface area contributed by atoms with Gasteiger partial charge in [-0.15, -0.1) is 0 Å². The molecule has 110 valence electrons. The van der Waals surface area contributed by atoms with E-state index in [-0.39, 0.29) is 18.0 Å². The molecule has 0 atom stereocenters. The largest absolute Gasteiger partial charge is 0.497 e. The number of hydrogen-bond acceptors (Lipinski definition) is 3. The number of carbonyl (C=O) groups is 1. The molecule has 20 heavy (non-hydrogen) atoms. The third-order valence-electron chi connectivity index (χ3n) is 3.81. The van der Waals surface area contributed by atoms with Crippen LogP contribution >= 0.6 is 0 Å². The number of rotatable bonds is 4. The van der Waals surface area contributed by atoms with Gasteiger partial charge in [-0.05, 0) is 25.0 Å². The summed E-state index contributed by atoms with van der Waals surface area (Å²) >= 11 is 0. The second-order valence-electron chi connectivity index (χ2n) is 5.49. The number of carbonyl (C=O) groups excluding carboxylic acids is 1. The van der Waals surface area contributed by atoms with E-state index >= 15 is 0 Å². The van der Waals surface area contributed by atoms with Crippen LogP contribution < -0.4 is 15.8 Å². The number of ether oxygens (including phenoxy) is 1. The maximum atomic E-state index is 13.6. The molecule has 0 bridgehead atoms. The standard InChI is InChI=1S/C15H21FN2O2/c1-20-11-5-6-12(16)13(9-11)18-14(19)10-15(17)7-3-2-4-8-15/h5-6,9H,2-4,7-8,10,17H2,1H3,(H,18,19). The number of hydrogen-bond donors (Lipinski definition) is 2. The van der Waals surface area contributed by atoms with Crippen LogP contribution in [0, 0.1) is 5.82 Å². The predicted octanol–water partition coefficient (Wildman–Crippen LogP) is 2.82. The fourth-order valence-electron chi connectivity index (χ4n) is 2.67. The van der Waals surface area contributed by atoms with Gasteiger partial charge in [-0.1, -0.05) is 19.3 Å². The average molecular weight is 280 g/mol. The summed E-state index contributed by atoms with van der Waals surface area (Å²) in [5.74, 6) is -0.225. The van der Waals surface area contributed by atoms with Crippen LogP contribution in [0.5, 0.6) is 5.75 Å². The molecular weight excluding hydrogens is 259 g/mol. The molecule has 4 nitrogen and oxygen atoms in total. The highest BCUT2D eigenvalue weighted by atomic mass is 19.1. The molecular formula is C15H21FN2O2. The van der Waals surface area contributed by atoms with Gasteiger partial charge in [-0.2, -0.15) is 0 Å². The summed E-state index contributed by atoms with van der Waals surface area (Å²) in [5.41, 5.74) is 5.91. The van der Waals surface area contributed by atoms with Gasteiger partial charge in [0, 0.05) is 18.0 Å². The number of nitrogens with one attached hydrogen (secondary N) is 1. The summed E-state index contributed by atoms with van der Waals surface area (Å²) in [6, 6.07) is 4.25. The van der Waals surface area contributed by atoms with Crippen LogP contribution in [0.4, 0.5) is 10.1 Å². The fourth-order valence-corrected chi connectivity index (χ4v) is 2.67. The highest BCUT2D eigenvalue weighted by molar-refractivity contribution is 5.91. The van der Waals surface area contributed by atoms with Gasteiger partial charge in [-0.25, -0.2) is 4.39 Å². The van der Waals surface area contributed by atoms with E-state index < -0.39 is 11.4 Å². The summed E-state index contributed by atoms with van der Waals surface area (Å²) in [6.45, 7) is 0. The van der Waals surface area contributed by atoms with Crippen LogP contribution in [0.3, 0.4) is 0 Å². The molecule has 1 amide bonds. The number of methoxy groups -OCH3 is 1. The Bertz CT molecular complexity index is 485. The minimum atomic E-state index is -0.478. The Morgan fingerprint density at radius 3 is 2.75 bits per heavy atom. The van der Waals surface area contributed by atoms with E-state index in [2.05, 4.69) is 5.32 Å². The zero-order valence-corrected chi connectivity index (χ0v) is 11.7. The molecule has 0 aliphatic heterocycles. The van der Waals surface area contributed by atoms with Gasteiger partial charge in [0.2, 0.25) is 5.91 Å². The van der Waals surface area contributed by atoms with Gasteiger partial charge < -0.3 is 15.8 Å². The topological polar surface area (TPSA) is 64.3 Å². The molecule has 0 saturated heterocycles. The molecule has 1 fully saturated rings. The highest BCUT2D eigenvalue weighted by Crippen LogP contribution is 2.29. The lowest BCUT2D eigenvalue weighted by atomic mass is 9.80. The first-order valence-electron chi connectivity index (χ1n) is 6.95. The van der Waals surface area contributed by atoms with Crippen molar-refractivity contribution < 1.29 is 13.9 Å². The minimum Gasteiger partial charge on any atom is -0.497 e. The van der Waals surface area contributed by atoms with Crippen LogP contribution in [0.2, 0.25) is 0 Å². The first-order valence-corrected chi connectivity index (χ1v) is 6.95. The molecule has 0 aromatic heterocycles. The fraction of sp³-hybridized carbons (Fsp3) is 0.533. The third-order valence-corrected chi connectivity index (χ3v) is 3.81. The summed E-state index contributed by atoms with van der Waals surface area (Å²) < 4.78 is 18.7. The van der Waals surface area contributed by atoms with E-state index in [4.69, 9.17) is 10.5 Å². The van der Waals surface area contributed by atoms with Crippen molar-refractivity contribution in [1.82, 2.24) is 0 Å². The van der Waals surface area contributed by atoms with Crippen molar-refractivity contribution in [2.45, 2.75) is 44.1 Å². The van der Waals surface area contributed by atoms with E-state index in [9.17, 15) is 9.18 Å². The number of anilines is 1. The molecule has 1 aliphatic carbocycles. The first kappa shape index (κ1) is 14.8. The predicted molar refractivity (Wildman–Crippen MR) is 76.2 cm³/mol. The number of amides is 1. The van der Waals surface area contributed by atoms with Crippen molar-refractivity contribution in [2.24, 2.45) is 5.73 Å². The molecule has 0 spiro atoms. The molecule has 2 rings (SSSR count). The van der Waals surface area contributed by atoms with Crippen molar-refractivity contribution in [1.29, 1.82) is 0 Å². The molecule has 0 unspecified atom stereocenters. The molecule has 0 radical (unpaired) electrons. The van der Waals surface area contributed by atoms with E-state index in [1.54, 1.807) is 0 Å². The summed E-state index contributed by atoms with van der Waals surface area (Å²) in [6.07, 6.45) is 5.20. The maximum absolute atomic E-state index is 13.6. The van der Waals surface area contributed by atoms with Crippen molar-refractivity contribution in [3.63, 3.8) is 0 Å². The molecule has 1 aromatic carbocycles. The second-order valence-corrected chi connectivity index (χ2v) is 5.49. The van der Waals surface area contributed by atoms with Gasteiger partial charge >= 0.3 is 0 Å². The Labute approximate surface area is 118 Å². The monoisotopic (exact) mass is 280 g/mol. The Morgan fingerprint density at radius 1 is 1.40 bits per heavy atom. The molecule has 0 heterocycles. The van der Waals surface area contributed by atoms with Gasteiger partial charge in [0.25, 0.3) is 0 Å². The highest BCUT2D eigenvalue weighted by Gasteiger charge is 2.30. The summed E-state index contributed by atoms with van der Waals surface area (Å²) in [7, 11) is 1.50. The van der Waals surface area contributed by atoms with E-state index in [0.29, 0.717) is 5.75 Å². The Kier molecular flexibility index (Phi) is 4.60. The van der Waals surface area contributed by atoms with Crippen LogP contribution in [0.1, 0.15) is 38.5 Å². The van der Waals surface area contributed by atoms with E-state index in [1.165, 1.54) is 31.7 Å². The van der Waals surface area contributed by atoms with Gasteiger partial charge in [0.15, 0.2) is 0 Å². The minimum absolute atomic E-state index is 0.133. The zero-order chi connectivity index (χ0) is 14.6. The normalized spacial score (nSPS) is 17.6. The quantitative estimate of drug-likeness (QED) is 0.891. The molecule has 3 N–H and O–H groups in total. The molecule has 5 heteroatoms. The van der Waals surface area contributed by atoms with Crippen molar-refractivity contribution in [2.75, 3.05) is 12.4 Å². The van der Waals surface area contributed by atoms with Gasteiger partial charge in [-0.3, -0.25) is 4.79 Å². The zero-order valence-electron chi connectivity index (χ0n) is 11.7. The molecule has 1 aromatic rings. The summed E-state index contributed by atoms with van der Waals surface area (Å²) in [4.78, 5) is 12.0. The van der Waals surface area contributed by atoms with Crippen molar-refractivity contribution in [3.8, 4) is 5.75 Å². The van der Waals surface area contributed by atoms with Crippen molar-refractivity contribution in [3.05, 3.63) is 24.0 Å². The average Bonchev–Trinajstić information content (AvgIpc) is 2.41. The first-order chi connectivity index (χ1) is 9.52. The molecule has 1 aliphatic rings. The Hall–Kier alpha value is -1.62. The second kappa shape index (κ2) is 6.22. The van der Waals surface area contributed by atoms with E-state index in [0.717, 1.165) is 25.7 Å². The van der Waals surface area contributed by atoms with Gasteiger partial charge in [0.1, 0.15) is 11.6 Å². The lowest BCUT2D eigenvalue weighted by molar-refractivity contribution is -0.117. The van der Waals surface area contributed by atoms with Crippen molar-refractivity contribution >= 4 is 11.6 Å². The number of benzene rings is 1. The molecule has 1 saturated carbocycles. The van der Waals surface area contributed by atoms with Crippen LogP contribution in [-0.2, 0) is 4.79 Å². The summed E-state index contributed by atoms with van der Waals surface area (Å²) in [5, 5.41) is 2.58. The lowest BCUT2D eigenvalue weighted by Gasteiger charge is -2.32. The number of nitrogens with two attached hydrogens (primary N) is 1. The van der Waals surface area contributed by atoms with Gasteiger partial charge in [0.05, 0.1) is 12.8 Å². The Balaban J connectivity index is 2.00.